The number of nitrogens with zero attached hydrogens (tertiary/aromatic N) is 3. The molecule has 0 bridgehead atoms. The van der Waals surface area contributed by atoms with Gasteiger partial charge >= 0.3 is 0 Å². The van der Waals surface area contributed by atoms with Crippen LogP contribution in [0.5, 0.6) is 0 Å². The van der Waals surface area contributed by atoms with E-state index in [4.69, 9.17) is 9.05 Å². The van der Waals surface area contributed by atoms with Crippen molar-refractivity contribution in [3.63, 3.8) is 0 Å². The second-order valence-corrected chi connectivity index (χ2v) is 5.74. The summed E-state index contributed by atoms with van der Waals surface area (Å²) in [5, 5.41) is 8.21. The van der Waals surface area contributed by atoms with E-state index in [9.17, 15) is 0 Å². The molecule has 22 heavy (non-hydrogen) atoms. The Morgan fingerprint density at radius 1 is 0.909 bits per heavy atom. The van der Waals surface area contributed by atoms with E-state index < -0.39 is 0 Å². The summed E-state index contributed by atoms with van der Waals surface area (Å²) >= 11 is 0. The molecule has 1 aliphatic rings. The normalized spacial score (nSPS) is 16.0. The molecule has 5 nitrogen and oxygen atoms in total. The molecule has 0 amide bonds. The Balaban J connectivity index is 1.58. The summed E-state index contributed by atoms with van der Waals surface area (Å²) in [6, 6.07) is 11.7. The molecule has 0 atom stereocenters. The van der Waals surface area contributed by atoms with Crippen LogP contribution in [0, 0.1) is 0 Å². The molecule has 1 fully saturated rings. The van der Waals surface area contributed by atoms with Gasteiger partial charge in [0, 0.05) is 17.5 Å². The van der Waals surface area contributed by atoms with Gasteiger partial charge in [-0.25, -0.2) is 0 Å². The van der Waals surface area contributed by atoms with Gasteiger partial charge in [0.05, 0.1) is 5.69 Å². The standard InChI is InChI=1S/C17H17N3O2/c1-3-7-12(8-4-1)14-11-15(21-19-14)17-18-16(20-22-17)13-9-5-2-6-10-13/h2,5-6,9-12H,1,3-4,7-8H2. The second kappa shape index (κ2) is 5.75. The van der Waals surface area contributed by atoms with Crippen LogP contribution < -0.4 is 0 Å². The van der Waals surface area contributed by atoms with Crippen molar-refractivity contribution in [2.45, 2.75) is 38.0 Å². The highest BCUT2D eigenvalue weighted by atomic mass is 16.5. The first-order chi connectivity index (χ1) is 10.9. The molecule has 4 rings (SSSR count). The Labute approximate surface area is 128 Å². The Bertz CT molecular complexity index is 742. The largest absolute Gasteiger partial charge is 0.351 e. The van der Waals surface area contributed by atoms with Crippen LogP contribution in [0.2, 0.25) is 0 Å². The van der Waals surface area contributed by atoms with E-state index >= 15 is 0 Å². The van der Waals surface area contributed by atoms with Crippen LogP contribution in [0.25, 0.3) is 23.0 Å². The molecule has 0 spiro atoms. The number of aromatic nitrogens is 3. The lowest BCUT2D eigenvalue weighted by Crippen LogP contribution is -2.04. The van der Waals surface area contributed by atoms with Crippen molar-refractivity contribution in [2.24, 2.45) is 0 Å². The smallest absolute Gasteiger partial charge is 0.296 e. The summed E-state index contributed by atoms with van der Waals surface area (Å²) in [6.07, 6.45) is 6.23. The van der Waals surface area contributed by atoms with E-state index in [0.29, 0.717) is 23.4 Å². The molecule has 1 aliphatic carbocycles. The Morgan fingerprint density at radius 2 is 1.73 bits per heavy atom. The lowest BCUT2D eigenvalue weighted by molar-refractivity contribution is 0.367. The van der Waals surface area contributed by atoms with Crippen LogP contribution in [0.15, 0.2) is 45.4 Å². The zero-order chi connectivity index (χ0) is 14.8. The van der Waals surface area contributed by atoms with Gasteiger partial charge in [0.25, 0.3) is 5.89 Å². The SMILES string of the molecule is c1ccc(-c2noc(-c3cc(C4CCCCC4)no3)n2)cc1. The maximum Gasteiger partial charge on any atom is 0.296 e. The quantitative estimate of drug-likeness (QED) is 0.714. The fraction of sp³-hybridized carbons (Fsp3) is 0.353. The summed E-state index contributed by atoms with van der Waals surface area (Å²) in [6.45, 7) is 0. The highest BCUT2D eigenvalue weighted by molar-refractivity contribution is 5.57. The molecule has 0 radical (unpaired) electrons. The molecule has 3 aromatic rings. The van der Waals surface area contributed by atoms with Gasteiger partial charge in [0.1, 0.15) is 0 Å². The first kappa shape index (κ1) is 13.2. The van der Waals surface area contributed by atoms with Gasteiger partial charge in [0.2, 0.25) is 11.6 Å². The lowest BCUT2D eigenvalue weighted by Gasteiger charge is -2.18. The van der Waals surface area contributed by atoms with Crippen molar-refractivity contribution in [3.8, 4) is 23.0 Å². The summed E-state index contributed by atoms with van der Waals surface area (Å²) in [4.78, 5) is 4.40. The summed E-state index contributed by atoms with van der Waals surface area (Å²) < 4.78 is 10.7. The van der Waals surface area contributed by atoms with Crippen molar-refractivity contribution in [3.05, 3.63) is 42.1 Å². The van der Waals surface area contributed by atoms with Crippen LogP contribution in [-0.2, 0) is 0 Å². The topological polar surface area (TPSA) is 65.0 Å². The van der Waals surface area contributed by atoms with E-state index in [2.05, 4.69) is 15.3 Å². The Morgan fingerprint density at radius 3 is 2.55 bits per heavy atom. The van der Waals surface area contributed by atoms with Crippen molar-refractivity contribution in [1.82, 2.24) is 15.3 Å². The van der Waals surface area contributed by atoms with Crippen LogP contribution in [-0.4, -0.2) is 15.3 Å². The van der Waals surface area contributed by atoms with E-state index in [-0.39, 0.29) is 0 Å². The Kier molecular flexibility index (Phi) is 3.46. The van der Waals surface area contributed by atoms with Gasteiger partial charge in [0.15, 0.2) is 0 Å². The molecule has 0 saturated heterocycles. The number of hydrogen-bond acceptors (Lipinski definition) is 5. The predicted molar refractivity (Wildman–Crippen MR) is 81.1 cm³/mol. The van der Waals surface area contributed by atoms with Gasteiger partial charge in [-0.2, -0.15) is 4.98 Å². The lowest BCUT2D eigenvalue weighted by atomic mass is 9.87. The zero-order valence-electron chi connectivity index (χ0n) is 12.2. The maximum atomic E-state index is 5.41. The molecule has 5 heteroatoms. The van der Waals surface area contributed by atoms with Gasteiger partial charge in [-0.3, -0.25) is 0 Å². The first-order valence-corrected chi connectivity index (χ1v) is 7.76. The summed E-state index contributed by atoms with van der Waals surface area (Å²) in [7, 11) is 0. The monoisotopic (exact) mass is 295 g/mol. The molecule has 112 valence electrons. The minimum Gasteiger partial charge on any atom is -0.351 e. The zero-order valence-corrected chi connectivity index (χ0v) is 12.2. The van der Waals surface area contributed by atoms with E-state index in [1.807, 2.05) is 36.4 Å². The third-order valence-electron chi connectivity index (χ3n) is 4.22. The van der Waals surface area contributed by atoms with Gasteiger partial charge < -0.3 is 9.05 Å². The average molecular weight is 295 g/mol. The molecule has 2 aromatic heterocycles. The minimum atomic E-state index is 0.383. The molecule has 1 saturated carbocycles. The van der Waals surface area contributed by atoms with Gasteiger partial charge in [-0.05, 0) is 12.8 Å². The highest BCUT2D eigenvalue weighted by Crippen LogP contribution is 2.33. The summed E-state index contributed by atoms with van der Waals surface area (Å²) in [5.74, 6) is 2.00. The van der Waals surface area contributed by atoms with Crippen LogP contribution in [0.3, 0.4) is 0 Å². The average Bonchev–Trinajstić information content (AvgIpc) is 3.26. The fourth-order valence-corrected chi connectivity index (χ4v) is 3.01. The predicted octanol–water partition coefficient (Wildman–Crippen LogP) is 4.44. The molecule has 0 N–H and O–H groups in total. The number of benzene rings is 1. The molecule has 0 aliphatic heterocycles. The summed E-state index contributed by atoms with van der Waals surface area (Å²) in [5.41, 5.74) is 1.93. The second-order valence-electron chi connectivity index (χ2n) is 5.74. The van der Waals surface area contributed by atoms with E-state index in [1.54, 1.807) is 0 Å². The van der Waals surface area contributed by atoms with Crippen molar-refractivity contribution < 1.29 is 9.05 Å². The van der Waals surface area contributed by atoms with E-state index in [1.165, 1.54) is 32.1 Å². The molecule has 0 unspecified atom stereocenters. The third kappa shape index (κ3) is 2.54. The third-order valence-corrected chi connectivity index (χ3v) is 4.22. The van der Waals surface area contributed by atoms with Gasteiger partial charge in [-0.15, -0.1) is 0 Å². The molecule has 1 aromatic carbocycles. The molecular formula is C17H17N3O2. The molecule has 2 heterocycles. The minimum absolute atomic E-state index is 0.383. The number of rotatable bonds is 3. The van der Waals surface area contributed by atoms with Crippen LogP contribution >= 0.6 is 0 Å². The van der Waals surface area contributed by atoms with E-state index in [0.717, 1.165) is 11.3 Å². The van der Waals surface area contributed by atoms with Crippen molar-refractivity contribution >= 4 is 0 Å². The van der Waals surface area contributed by atoms with Crippen molar-refractivity contribution in [1.29, 1.82) is 0 Å². The van der Waals surface area contributed by atoms with Crippen LogP contribution in [0.4, 0.5) is 0 Å². The van der Waals surface area contributed by atoms with Crippen molar-refractivity contribution in [2.75, 3.05) is 0 Å². The maximum absolute atomic E-state index is 5.41. The Hall–Kier alpha value is -2.43. The fourth-order valence-electron chi connectivity index (χ4n) is 3.01. The highest BCUT2D eigenvalue weighted by Gasteiger charge is 2.22. The first-order valence-electron chi connectivity index (χ1n) is 7.76. The molecular weight excluding hydrogens is 278 g/mol. The van der Waals surface area contributed by atoms with Crippen LogP contribution in [0.1, 0.15) is 43.7 Å². The van der Waals surface area contributed by atoms with Gasteiger partial charge in [-0.1, -0.05) is 59.9 Å². The number of hydrogen-bond donors (Lipinski definition) is 0.